The molecule has 21 heavy (non-hydrogen) atoms. The van der Waals surface area contributed by atoms with Crippen LogP contribution in [0.1, 0.15) is 39.7 Å². The lowest BCUT2D eigenvalue weighted by atomic mass is 9.86. The van der Waals surface area contributed by atoms with E-state index in [-0.39, 0.29) is 11.4 Å². The van der Waals surface area contributed by atoms with Crippen LogP contribution < -0.4 is 11.1 Å². The summed E-state index contributed by atoms with van der Waals surface area (Å²) in [5, 5.41) is 3.32. The lowest BCUT2D eigenvalue weighted by Crippen LogP contribution is -2.61. The van der Waals surface area contributed by atoms with E-state index < -0.39 is 5.54 Å². The van der Waals surface area contributed by atoms with Gasteiger partial charge < -0.3 is 5.73 Å². The Bertz CT molecular complexity index is 458. The summed E-state index contributed by atoms with van der Waals surface area (Å²) in [6.45, 7) is 9.72. The molecule has 118 valence electrons. The molecule has 0 bridgehead atoms. The van der Waals surface area contributed by atoms with Crippen molar-refractivity contribution in [2.75, 3.05) is 20.1 Å². The smallest absolute Gasteiger partial charge is 0.243 e. The molecule has 1 atom stereocenters. The first-order valence-corrected chi connectivity index (χ1v) is 7.62. The molecule has 1 rings (SSSR count). The first-order chi connectivity index (χ1) is 9.80. The molecule has 0 aliphatic heterocycles. The lowest BCUT2D eigenvalue weighted by Gasteiger charge is -2.42. The van der Waals surface area contributed by atoms with Crippen LogP contribution in [-0.4, -0.2) is 36.5 Å². The number of nitrogens with two attached hydrogens (primary N) is 1. The number of carbonyl (C=O) groups is 1. The second kappa shape index (κ2) is 7.05. The summed E-state index contributed by atoms with van der Waals surface area (Å²) >= 11 is 0. The Balaban J connectivity index is 3.23. The topological polar surface area (TPSA) is 58.4 Å². The highest BCUT2D eigenvalue weighted by molar-refractivity contribution is 5.86. The Morgan fingerprint density at radius 2 is 1.81 bits per heavy atom. The maximum absolute atomic E-state index is 12.3. The maximum Gasteiger partial charge on any atom is 0.243 e. The van der Waals surface area contributed by atoms with Gasteiger partial charge in [-0.1, -0.05) is 44.2 Å². The third-order valence-corrected chi connectivity index (χ3v) is 4.54. The highest BCUT2D eigenvalue weighted by atomic mass is 16.1. The standard InChI is InChI=1S/C17H29N3O/c1-6-16(3,4)20(5)13-17(15(18)21,19-7-2)14-11-9-8-10-12-14/h8-12,19H,6-7,13H2,1-5H3,(H2,18,21). The molecule has 0 aromatic heterocycles. The minimum atomic E-state index is -0.864. The Hall–Kier alpha value is -1.39. The van der Waals surface area contributed by atoms with Crippen molar-refractivity contribution in [2.24, 2.45) is 5.73 Å². The van der Waals surface area contributed by atoms with Crippen LogP contribution in [0, 0.1) is 0 Å². The van der Waals surface area contributed by atoms with Gasteiger partial charge in [0.25, 0.3) is 0 Å². The average molecular weight is 291 g/mol. The maximum atomic E-state index is 12.3. The van der Waals surface area contributed by atoms with E-state index in [2.05, 4.69) is 31.0 Å². The van der Waals surface area contributed by atoms with Crippen LogP contribution >= 0.6 is 0 Å². The average Bonchev–Trinajstić information content (AvgIpc) is 2.47. The van der Waals surface area contributed by atoms with E-state index in [1.165, 1.54) is 0 Å². The summed E-state index contributed by atoms with van der Waals surface area (Å²) in [6.07, 6.45) is 0.999. The number of rotatable bonds is 8. The zero-order valence-corrected chi connectivity index (χ0v) is 13.9. The molecule has 0 heterocycles. The highest BCUT2D eigenvalue weighted by Gasteiger charge is 2.41. The van der Waals surface area contributed by atoms with E-state index in [1.54, 1.807) is 0 Å². The van der Waals surface area contributed by atoms with E-state index >= 15 is 0 Å². The highest BCUT2D eigenvalue weighted by Crippen LogP contribution is 2.26. The number of amides is 1. The summed E-state index contributed by atoms with van der Waals surface area (Å²) in [5.41, 5.74) is 5.85. The minimum absolute atomic E-state index is 0.00486. The Morgan fingerprint density at radius 1 is 1.24 bits per heavy atom. The molecule has 1 amide bonds. The minimum Gasteiger partial charge on any atom is -0.368 e. The zero-order valence-electron chi connectivity index (χ0n) is 13.9. The predicted molar refractivity (Wildman–Crippen MR) is 88.0 cm³/mol. The van der Waals surface area contributed by atoms with Crippen LogP contribution in [0.15, 0.2) is 30.3 Å². The number of hydrogen-bond donors (Lipinski definition) is 2. The van der Waals surface area contributed by atoms with Gasteiger partial charge in [-0.2, -0.15) is 0 Å². The van der Waals surface area contributed by atoms with E-state index in [0.29, 0.717) is 13.1 Å². The predicted octanol–water partition coefficient (Wildman–Crippen LogP) is 2.10. The number of likely N-dealkylation sites (N-methyl/N-ethyl adjacent to an activating group) is 2. The van der Waals surface area contributed by atoms with Gasteiger partial charge in [0.15, 0.2) is 0 Å². The van der Waals surface area contributed by atoms with Crippen molar-refractivity contribution in [1.82, 2.24) is 10.2 Å². The largest absolute Gasteiger partial charge is 0.368 e. The number of nitrogens with zero attached hydrogens (tertiary/aromatic N) is 1. The number of hydrogen-bond acceptors (Lipinski definition) is 3. The molecule has 4 nitrogen and oxygen atoms in total. The molecule has 0 aliphatic rings. The second-order valence-electron chi connectivity index (χ2n) is 6.19. The van der Waals surface area contributed by atoms with Crippen molar-refractivity contribution >= 4 is 5.91 Å². The van der Waals surface area contributed by atoms with Gasteiger partial charge in [-0.05, 0) is 39.4 Å². The van der Waals surface area contributed by atoms with Gasteiger partial charge in [0.1, 0.15) is 5.54 Å². The van der Waals surface area contributed by atoms with Crippen LogP contribution in [0.2, 0.25) is 0 Å². The van der Waals surface area contributed by atoms with Crippen molar-refractivity contribution in [2.45, 2.75) is 45.2 Å². The molecule has 1 unspecified atom stereocenters. The van der Waals surface area contributed by atoms with Crippen molar-refractivity contribution in [1.29, 1.82) is 0 Å². The van der Waals surface area contributed by atoms with Crippen LogP contribution in [0.4, 0.5) is 0 Å². The van der Waals surface area contributed by atoms with Crippen molar-refractivity contribution < 1.29 is 4.79 Å². The van der Waals surface area contributed by atoms with Gasteiger partial charge >= 0.3 is 0 Å². The Morgan fingerprint density at radius 3 is 2.24 bits per heavy atom. The monoisotopic (exact) mass is 291 g/mol. The van der Waals surface area contributed by atoms with Gasteiger partial charge in [-0.3, -0.25) is 15.0 Å². The van der Waals surface area contributed by atoms with Crippen LogP contribution in [-0.2, 0) is 10.3 Å². The number of primary amides is 1. The van der Waals surface area contributed by atoms with Crippen LogP contribution in [0.25, 0.3) is 0 Å². The third kappa shape index (κ3) is 3.83. The molecule has 0 saturated carbocycles. The molecule has 3 N–H and O–H groups in total. The molecule has 0 aliphatic carbocycles. The van der Waals surface area contributed by atoms with Gasteiger partial charge in [0.05, 0.1) is 0 Å². The Labute approximate surface area is 128 Å². The molecule has 4 heteroatoms. The summed E-state index contributed by atoms with van der Waals surface area (Å²) in [4.78, 5) is 14.5. The fourth-order valence-electron chi connectivity index (χ4n) is 2.42. The van der Waals surface area contributed by atoms with Crippen molar-refractivity contribution in [3.05, 3.63) is 35.9 Å². The van der Waals surface area contributed by atoms with Crippen LogP contribution in [0.5, 0.6) is 0 Å². The number of benzene rings is 1. The molecular formula is C17H29N3O. The zero-order chi connectivity index (χ0) is 16.1. The molecule has 0 spiro atoms. The number of carbonyl (C=O) groups excluding carboxylic acids is 1. The Kier molecular flexibility index (Phi) is 5.93. The van der Waals surface area contributed by atoms with Gasteiger partial charge in [0.2, 0.25) is 5.91 Å². The van der Waals surface area contributed by atoms with E-state index in [9.17, 15) is 4.79 Å². The van der Waals surface area contributed by atoms with Crippen molar-refractivity contribution in [3.8, 4) is 0 Å². The SMILES string of the molecule is CCNC(CN(C)C(C)(C)CC)(C(N)=O)c1ccccc1. The van der Waals surface area contributed by atoms with Crippen molar-refractivity contribution in [3.63, 3.8) is 0 Å². The lowest BCUT2D eigenvalue weighted by molar-refractivity contribution is -0.126. The fraction of sp³-hybridized carbons (Fsp3) is 0.588. The first kappa shape index (κ1) is 17.7. The van der Waals surface area contributed by atoms with E-state index in [0.717, 1.165) is 12.0 Å². The second-order valence-corrected chi connectivity index (χ2v) is 6.19. The van der Waals surface area contributed by atoms with E-state index in [4.69, 9.17) is 5.73 Å². The molecule has 1 aromatic carbocycles. The van der Waals surface area contributed by atoms with Gasteiger partial charge in [-0.25, -0.2) is 0 Å². The first-order valence-electron chi connectivity index (χ1n) is 7.62. The normalized spacial score (nSPS) is 15.0. The molecule has 0 radical (unpaired) electrons. The molecule has 1 aromatic rings. The summed E-state index contributed by atoms with van der Waals surface area (Å²) in [6, 6.07) is 9.74. The summed E-state index contributed by atoms with van der Waals surface area (Å²) in [5.74, 6) is -0.339. The van der Waals surface area contributed by atoms with Gasteiger partial charge in [0, 0.05) is 12.1 Å². The molecule has 0 fully saturated rings. The summed E-state index contributed by atoms with van der Waals surface area (Å²) in [7, 11) is 2.04. The van der Waals surface area contributed by atoms with Crippen LogP contribution in [0.3, 0.4) is 0 Å². The third-order valence-electron chi connectivity index (χ3n) is 4.54. The molecular weight excluding hydrogens is 262 g/mol. The quantitative estimate of drug-likeness (QED) is 0.771. The summed E-state index contributed by atoms with van der Waals surface area (Å²) < 4.78 is 0. The van der Waals surface area contributed by atoms with E-state index in [1.807, 2.05) is 44.3 Å². The fourth-order valence-corrected chi connectivity index (χ4v) is 2.42. The number of nitrogens with one attached hydrogen (secondary N) is 1. The molecule has 0 saturated heterocycles. The van der Waals surface area contributed by atoms with Gasteiger partial charge in [-0.15, -0.1) is 0 Å².